The van der Waals surface area contributed by atoms with Gasteiger partial charge in [0.1, 0.15) is 0 Å². The molecule has 1 saturated heterocycles. The average molecular weight is 387 g/mol. The molecule has 6 nitrogen and oxygen atoms in total. The number of nitrogens with one attached hydrogen (secondary N) is 2. The Morgan fingerprint density at radius 2 is 1.69 bits per heavy atom. The van der Waals surface area contributed by atoms with Gasteiger partial charge in [-0.2, -0.15) is 0 Å². The molecular weight excluding hydrogens is 366 g/mol. The first kappa shape index (κ1) is 18.7. The minimum atomic E-state index is -0.430. The summed E-state index contributed by atoms with van der Waals surface area (Å²) in [6.45, 7) is 0.342. The van der Waals surface area contributed by atoms with Crippen LogP contribution in [0.15, 0.2) is 66.7 Å². The van der Waals surface area contributed by atoms with Crippen molar-refractivity contribution in [3.63, 3.8) is 0 Å². The molecule has 0 aliphatic carbocycles. The average Bonchev–Trinajstić information content (AvgIpc) is 3.15. The van der Waals surface area contributed by atoms with E-state index in [4.69, 9.17) is 0 Å². The van der Waals surface area contributed by atoms with E-state index in [-0.39, 0.29) is 24.1 Å². The number of nitrogens with zero attached hydrogens (tertiary/aromatic N) is 1. The van der Waals surface area contributed by atoms with Gasteiger partial charge < -0.3 is 15.5 Å². The molecule has 1 heterocycles. The summed E-state index contributed by atoms with van der Waals surface area (Å²) < 4.78 is 0. The van der Waals surface area contributed by atoms with Crippen LogP contribution in [-0.4, -0.2) is 31.3 Å². The van der Waals surface area contributed by atoms with Gasteiger partial charge in [-0.25, -0.2) is 0 Å². The predicted molar refractivity (Wildman–Crippen MR) is 113 cm³/mol. The van der Waals surface area contributed by atoms with Crippen molar-refractivity contribution in [2.24, 2.45) is 5.92 Å². The molecule has 29 heavy (non-hydrogen) atoms. The third kappa shape index (κ3) is 3.69. The Hall–Kier alpha value is -3.67. The lowest BCUT2D eigenvalue weighted by atomic mass is 10.1. The van der Waals surface area contributed by atoms with Crippen LogP contribution >= 0.6 is 0 Å². The number of rotatable bonds is 4. The van der Waals surface area contributed by atoms with Crippen molar-refractivity contribution in [2.75, 3.05) is 23.8 Å². The number of carbonyl (C=O) groups excluding carboxylic acids is 3. The molecule has 4 rings (SSSR count). The highest BCUT2D eigenvalue weighted by Gasteiger charge is 2.35. The standard InChI is InChI=1S/C23H21N3O3/c1-24-22(28)16-9-11-18(12-10-16)25-23(29)17-13-21(27)26(14-17)20-8-4-6-15-5-2-3-7-19(15)20/h2-12,17H,13-14H2,1H3,(H,24,28)(H,25,29). The van der Waals surface area contributed by atoms with Crippen molar-refractivity contribution in [3.8, 4) is 0 Å². The summed E-state index contributed by atoms with van der Waals surface area (Å²) in [7, 11) is 1.57. The second-order valence-corrected chi connectivity index (χ2v) is 7.05. The molecule has 0 spiro atoms. The van der Waals surface area contributed by atoms with Gasteiger partial charge in [0.2, 0.25) is 11.8 Å². The van der Waals surface area contributed by atoms with Gasteiger partial charge in [-0.05, 0) is 35.7 Å². The lowest BCUT2D eigenvalue weighted by molar-refractivity contribution is -0.122. The van der Waals surface area contributed by atoms with Gasteiger partial charge in [0.25, 0.3) is 5.91 Å². The zero-order chi connectivity index (χ0) is 20.4. The van der Waals surface area contributed by atoms with Gasteiger partial charge >= 0.3 is 0 Å². The van der Waals surface area contributed by atoms with Crippen LogP contribution in [0.4, 0.5) is 11.4 Å². The summed E-state index contributed by atoms with van der Waals surface area (Å²) in [4.78, 5) is 38.7. The van der Waals surface area contributed by atoms with Gasteiger partial charge in [-0.3, -0.25) is 14.4 Å². The zero-order valence-electron chi connectivity index (χ0n) is 16.0. The second kappa shape index (κ2) is 7.75. The summed E-state index contributed by atoms with van der Waals surface area (Å²) in [5, 5.41) is 7.46. The largest absolute Gasteiger partial charge is 0.355 e. The van der Waals surface area contributed by atoms with Crippen LogP contribution in [0.3, 0.4) is 0 Å². The van der Waals surface area contributed by atoms with E-state index in [9.17, 15) is 14.4 Å². The van der Waals surface area contributed by atoms with E-state index in [2.05, 4.69) is 10.6 Å². The monoisotopic (exact) mass is 387 g/mol. The number of carbonyl (C=O) groups is 3. The highest BCUT2D eigenvalue weighted by Crippen LogP contribution is 2.32. The van der Waals surface area contributed by atoms with E-state index < -0.39 is 5.92 Å². The van der Waals surface area contributed by atoms with Crippen LogP contribution in [0, 0.1) is 5.92 Å². The van der Waals surface area contributed by atoms with Crippen LogP contribution in [0.5, 0.6) is 0 Å². The molecule has 1 aliphatic rings. The molecule has 3 aromatic carbocycles. The van der Waals surface area contributed by atoms with Gasteiger partial charge in [-0.15, -0.1) is 0 Å². The maximum absolute atomic E-state index is 12.7. The molecule has 1 fully saturated rings. The third-order valence-corrected chi connectivity index (χ3v) is 5.19. The molecule has 0 aromatic heterocycles. The molecule has 1 aliphatic heterocycles. The number of fused-ring (bicyclic) bond motifs is 1. The van der Waals surface area contributed by atoms with Gasteiger partial charge in [0.05, 0.1) is 11.6 Å². The van der Waals surface area contributed by atoms with Crippen LogP contribution in [-0.2, 0) is 9.59 Å². The van der Waals surface area contributed by atoms with Crippen molar-refractivity contribution in [3.05, 3.63) is 72.3 Å². The Labute approximate surface area is 168 Å². The predicted octanol–water partition coefficient (Wildman–Crippen LogP) is 3.19. The summed E-state index contributed by atoms with van der Waals surface area (Å²) in [6.07, 6.45) is 0.172. The van der Waals surface area contributed by atoms with E-state index in [1.54, 1.807) is 36.2 Å². The molecule has 6 heteroatoms. The maximum Gasteiger partial charge on any atom is 0.251 e. The molecule has 0 bridgehead atoms. The Balaban J connectivity index is 1.49. The van der Waals surface area contributed by atoms with Crippen molar-refractivity contribution >= 4 is 39.9 Å². The number of amides is 3. The number of anilines is 2. The third-order valence-electron chi connectivity index (χ3n) is 5.19. The van der Waals surface area contributed by atoms with Crippen molar-refractivity contribution in [1.29, 1.82) is 0 Å². The first-order chi connectivity index (χ1) is 14.1. The fraction of sp³-hybridized carbons (Fsp3) is 0.174. The molecule has 1 unspecified atom stereocenters. The molecule has 146 valence electrons. The fourth-order valence-electron chi connectivity index (χ4n) is 3.65. The van der Waals surface area contributed by atoms with Crippen molar-refractivity contribution in [1.82, 2.24) is 5.32 Å². The minimum absolute atomic E-state index is 0.0588. The molecule has 1 atom stereocenters. The minimum Gasteiger partial charge on any atom is -0.355 e. The van der Waals surface area contributed by atoms with Crippen molar-refractivity contribution < 1.29 is 14.4 Å². The Kier molecular flexibility index (Phi) is 4.99. The second-order valence-electron chi connectivity index (χ2n) is 7.05. The first-order valence-electron chi connectivity index (χ1n) is 9.48. The Morgan fingerprint density at radius 3 is 2.45 bits per heavy atom. The number of benzene rings is 3. The first-order valence-corrected chi connectivity index (χ1v) is 9.48. The summed E-state index contributed by atoms with van der Waals surface area (Å²) in [5.74, 6) is -0.875. The summed E-state index contributed by atoms with van der Waals surface area (Å²) in [5.41, 5.74) is 1.95. The van der Waals surface area contributed by atoms with Crippen LogP contribution in [0.25, 0.3) is 10.8 Å². The molecule has 3 aromatic rings. The Bertz CT molecular complexity index is 1090. The lowest BCUT2D eigenvalue weighted by Crippen LogP contribution is -2.28. The molecular formula is C23H21N3O3. The smallest absolute Gasteiger partial charge is 0.251 e. The lowest BCUT2D eigenvalue weighted by Gasteiger charge is -2.19. The molecule has 2 N–H and O–H groups in total. The topological polar surface area (TPSA) is 78.5 Å². The van der Waals surface area contributed by atoms with Crippen LogP contribution in [0.1, 0.15) is 16.8 Å². The van der Waals surface area contributed by atoms with E-state index in [1.165, 1.54) is 0 Å². The van der Waals surface area contributed by atoms with E-state index in [1.807, 2.05) is 42.5 Å². The number of hydrogen-bond acceptors (Lipinski definition) is 3. The maximum atomic E-state index is 12.7. The molecule has 0 saturated carbocycles. The summed E-state index contributed by atoms with van der Waals surface area (Å²) in [6, 6.07) is 20.4. The van der Waals surface area contributed by atoms with Crippen LogP contribution < -0.4 is 15.5 Å². The van der Waals surface area contributed by atoms with Gasteiger partial charge in [0, 0.05) is 36.7 Å². The summed E-state index contributed by atoms with van der Waals surface area (Å²) >= 11 is 0. The Morgan fingerprint density at radius 1 is 0.966 bits per heavy atom. The quantitative estimate of drug-likeness (QED) is 0.722. The van der Waals surface area contributed by atoms with Gasteiger partial charge in [-0.1, -0.05) is 36.4 Å². The molecule has 3 amide bonds. The van der Waals surface area contributed by atoms with Gasteiger partial charge in [0.15, 0.2) is 0 Å². The van der Waals surface area contributed by atoms with E-state index in [0.717, 1.165) is 16.5 Å². The highest BCUT2D eigenvalue weighted by molar-refractivity contribution is 6.08. The zero-order valence-corrected chi connectivity index (χ0v) is 16.0. The normalized spacial score (nSPS) is 16.1. The number of hydrogen-bond donors (Lipinski definition) is 2. The van der Waals surface area contributed by atoms with Crippen LogP contribution in [0.2, 0.25) is 0 Å². The van der Waals surface area contributed by atoms with Crippen molar-refractivity contribution in [2.45, 2.75) is 6.42 Å². The fourth-order valence-corrected chi connectivity index (χ4v) is 3.65. The van der Waals surface area contributed by atoms with E-state index in [0.29, 0.717) is 17.8 Å². The highest BCUT2D eigenvalue weighted by atomic mass is 16.2. The molecule has 0 radical (unpaired) electrons. The van der Waals surface area contributed by atoms with E-state index >= 15 is 0 Å². The SMILES string of the molecule is CNC(=O)c1ccc(NC(=O)C2CC(=O)N(c3cccc4ccccc34)C2)cc1.